The van der Waals surface area contributed by atoms with Gasteiger partial charge >= 0.3 is 0 Å². The third-order valence-corrected chi connectivity index (χ3v) is 5.11. The van der Waals surface area contributed by atoms with E-state index >= 15 is 0 Å². The maximum absolute atomic E-state index is 13.7. The lowest BCUT2D eigenvalue weighted by Crippen LogP contribution is -2.27. The third-order valence-electron chi connectivity index (χ3n) is 4.62. The predicted octanol–water partition coefficient (Wildman–Crippen LogP) is 3.91. The summed E-state index contributed by atoms with van der Waals surface area (Å²) >= 11 is 3.30. The summed E-state index contributed by atoms with van der Waals surface area (Å²) in [6.07, 6.45) is 6.06. The molecule has 2 aliphatic rings. The summed E-state index contributed by atoms with van der Waals surface area (Å²) in [5.74, 6) is 1.67. The first kappa shape index (κ1) is 12.6. The summed E-state index contributed by atoms with van der Waals surface area (Å²) in [5.41, 5.74) is 0.849. The lowest BCUT2D eigenvalue weighted by atomic mass is 9.90. The van der Waals surface area contributed by atoms with Gasteiger partial charge in [0.2, 0.25) is 0 Å². The number of halogens is 2. The normalized spacial score (nSPS) is 30.7. The summed E-state index contributed by atoms with van der Waals surface area (Å²) in [7, 11) is 0. The largest absolute Gasteiger partial charge is 0.313 e. The summed E-state index contributed by atoms with van der Waals surface area (Å²) in [6, 6.07) is 6.01. The van der Waals surface area contributed by atoms with Gasteiger partial charge in [-0.05, 0) is 61.8 Å². The van der Waals surface area contributed by atoms with Gasteiger partial charge < -0.3 is 5.32 Å². The first-order valence-electron chi connectivity index (χ1n) is 6.91. The highest BCUT2D eigenvalue weighted by Gasteiger charge is 2.38. The fourth-order valence-corrected chi connectivity index (χ4v) is 3.99. The Hall–Kier alpha value is -0.410. The molecule has 1 heterocycles. The van der Waals surface area contributed by atoms with Crippen molar-refractivity contribution in [1.29, 1.82) is 0 Å². The van der Waals surface area contributed by atoms with Crippen molar-refractivity contribution in [1.82, 2.24) is 5.32 Å². The van der Waals surface area contributed by atoms with Gasteiger partial charge in [-0.25, -0.2) is 4.39 Å². The Morgan fingerprint density at radius 1 is 1.33 bits per heavy atom. The van der Waals surface area contributed by atoms with E-state index < -0.39 is 0 Å². The fraction of sp³-hybridized carbons (Fsp3) is 0.600. The van der Waals surface area contributed by atoms with Crippen molar-refractivity contribution in [2.24, 2.45) is 11.8 Å². The minimum atomic E-state index is -0.0784. The zero-order valence-corrected chi connectivity index (χ0v) is 12.0. The molecule has 2 fully saturated rings. The molecule has 0 bridgehead atoms. The van der Waals surface area contributed by atoms with Crippen molar-refractivity contribution in [3.8, 4) is 0 Å². The van der Waals surface area contributed by atoms with Gasteiger partial charge in [0.15, 0.2) is 0 Å². The molecule has 0 spiro atoms. The van der Waals surface area contributed by atoms with E-state index in [4.69, 9.17) is 0 Å². The molecule has 98 valence electrons. The van der Waals surface area contributed by atoms with E-state index in [1.165, 1.54) is 25.8 Å². The van der Waals surface area contributed by atoms with Crippen LogP contribution in [0.25, 0.3) is 0 Å². The standard InChI is InChI=1S/C15H19BrFN/c16-12-6-4-10(14(17)8-12)5-7-15-13-3-1-2-11(13)9-18-15/h4,6,8,11,13,15,18H,1-3,5,7,9H2. The van der Waals surface area contributed by atoms with E-state index in [0.29, 0.717) is 6.04 Å². The fourth-order valence-electron chi connectivity index (χ4n) is 3.65. The van der Waals surface area contributed by atoms with Crippen LogP contribution in [0.1, 0.15) is 31.2 Å². The van der Waals surface area contributed by atoms with E-state index in [1.807, 2.05) is 12.1 Å². The molecule has 3 atom stereocenters. The lowest BCUT2D eigenvalue weighted by molar-refractivity contribution is 0.392. The number of fused-ring (bicyclic) bond motifs is 1. The molecule has 1 nitrogen and oxygen atoms in total. The molecule has 3 unspecified atom stereocenters. The molecule has 1 saturated carbocycles. The molecule has 0 amide bonds. The monoisotopic (exact) mass is 311 g/mol. The molecular formula is C15H19BrFN. The molecule has 0 aromatic heterocycles. The smallest absolute Gasteiger partial charge is 0.127 e. The van der Waals surface area contributed by atoms with Gasteiger partial charge in [0.1, 0.15) is 5.82 Å². The molecule has 1 N–H and O–H groups in total. The maximum atomic E-state index is 13.7. The Labute approximate surface area is 116 Å². The molecule has 1 aliphatic carbocycles. The number of nitrogens with one attached hydrogen (secondary N) is 1. The summed E-state index contributed by atoms with van der Waals surface area (Å²) in [4.78, 5) is 0. The van der Waals surface area contributed by atoms with Crippen LogP contribution in [-0.2, 0) is 6.42 Å². The second-order valence-corrected chi connectivity index (χ2v) is 6.56. The van der Waals surface area contributed by atoms with Gasteiger partial charge in [0.25, 0.3) is 0 Å². The van der Waals surface area contributed by atoms with E-state index in [2.05, 4.69) is 21.2 Å². The highest BCUT2D eigenvalue weighted by atomic mass is 79.9. The minimum absolute atomic E-state index is 0.0784. The van der Waals surface area contributed by atoms with Crippen molar-refractivity contribution >= 4 is 15.9 Å². The zero-order chi connectivity index (χ0) is 12.5. The molecule has 3 heteroatoms. The predicted molar refractivity (Wildman–Crippen MR) is 75.0 cm³/mol. The van der Waals surface area contributed by atoms with Crippen molar-refractivity contribution < 1.29 is 4.39 Å². The van der Waals surface area contributed by atoms with Crippen LogP contribution < -0.4 is 5.32 Å². The zero-order valence-electron chi connectivity index (χ0n) is 10.5. The van der Waals surface area contributed by atoms with Crippen molar-refractivity contribution in [3.05, 3.63) is 34.1 Å². The van der Waals surface area contributed by atoms with Gasteiger partial charge in [-0.3, -0.25) is 0 Å². The highest BCUT2D eigenvalue weighted by Crippen LogP contribution is 2.39. The molecular weight excluding hydrogens is 293 g/mol. The average Bonchev–Trinajstić information content (AvgIpc) is 2.91. The molecule has 0 radical (unpaired) electrons. The van der Waals surface area contributed by atoms with Crippen LogP contribution in [0.15, 0.2) is 22.7 Å². The van der Waals surface area contributed by atoms with E-state index in [9.17, 15) is 4.39 Å². The van der Waals surface area contributed by atoms with E-state index in [0.717, 1.165) is 34.7 Å². The van der Waals surface area contributed by atoms with Crippen LogP contribution in [-0.4, -0.2) is 12.6 Å². The number of hydrogen-bond donors (Lipinski definition) is 1. The first-order valence-corrected chi connectivity index (χ1v) is 7.70. The SMILES string of the molecule is Fc1cc(Br)ccc1CCC1NCC2CCCC21. The molecule has 18 heavy (non-hydrogen) atoms. The van der Waals surface area contributed by atoms with Gasteiger partial charge in [-0.15, -0.1) is 0 Å². The summed E-state index contributed by atoms with van der Waals surface area (Å²) in [6.45, 7) is 1.18. The van der Waals surface area contributed by atoms with E-state index in [1.54, 1.807) is 6.07 Å². The molecule has 1 aromatic carbocycles. The minimum Gasteiger partial charge on any atom is -0.313 e. The van der Waals surface area contributed by atoms with Gasteiger partial charge in [0, 0.05) is 10.5 Å². The Bertz CT molecular complexity index is 435. The summed E-state index contributed by atoms with van der Waals surface area (Å²) < 4.78 is 14.6. The number of benzene rings is 1. The summed E-state index contributed by atoms with van der Waals surface area (Å²) in [5, 5.41) is 3.63. The number of hydrogen-bond acceptors (Lipinski definition) is 1. The van der Waals surface area contributed by atoms with Crippen LogP contribution >= 0.6 is 15.9 Å². The van der Waals surface area contributed by atoms with Crippen LogP contribution in [0.3, 0.4) is 0 Å². The van der Waals surface area contributed by atoms with Crippen LogP contribution in [0.5, 0.6) is 0 Å². The van der Waals surface area contributed by atoms with Crippen LogP contribution in [0.2, 0.25) is 0 Å². The topological polar surface area (TPSA) is 12.0 Å². The van der Waals surface area contributed by atoms with Crippen molar-refractivity contribution in [2.45, 2.75) is 38.1 Å². The van der Waals surface area contributed by atoms with Crippen LogP contribution in [0.4, 0.5) is 4.39 Å². The second kappa shape index (κ2) is 5.30. The maximum Gasteiger partial charge on any atom is 0.127 e. The van der Waals surface area contributed by atoms with Crippen molar-refractivity contribution in [2.75, 3.05) is 6.54 Å². The Kier molecular flexibility index (Phi) is 3.71. The molecule has 3 rings (SSSR count). The number of aryl methyl sites for hydroxylation is 1. The average molecular weight is 312 g/mol. The Balaban J connectivity index is 1.61. The Morgan fingerprint density at radius 2 is 2.22 bits per heavy atom. The van der Waals surface area contributed by atoms with Gasteiger partial charge in [0.05, 0.1) is 0 Å². The van der Waals surface area contributed by atoms with Crippen molar-refractivity contribution in [3.63, 3.8) is 0 Å². The van der Waals surface area contributed by atoms with Gasteiger partial charge in [-0.2, -0.15) is 0 Å². The first-order chi connectivity index (χ1) is 8.74. The highest BCUT2D eigenvalue weighted by molar-refractivity contribution is 9.10. The molecule has 1 aliphatic heterocycles. The Morgan fingerprint density at radius 3 is 3.06 bits per heavy atom. The molecule has 1 saturated heterocycles. The molecule has 1 aromatic rings. The quantitative estimate of drug-likeness (QED) is 0.892. The van der Waals surface area contributed by atoms with E-state index in [-0.39, 0.29) is 5.82 Å². The second-order valence-electron chi connectivity index (χ2n) is 5.64. The number of rotatable bonds is 3. The van der Waals surface area contributed by atoms with Crippen LogP contribution in [0, 0.1) is 17.7 Å². The van der Waals surface area contributed by atoms with Gasteiger partial charge in [-0.1, -0.05) is 28.4 Å². The third kappa shape index (κ3) is 2.48. The lowest BCUT2D eigenvalue weighted by Gasteiger charge is -2.18.